The average Bonchev–Trinajstić information content (AvgIpc) is 3.20. The number of nitrogens with zero attached hydrogens (tertiary/aromatic N) is 4. The van der Waals surface area contributed by atoms with E-state index in [2.05, 4.69) is 32.5 Å². The summed E-state index contributed by atoms with van der Waals surface area (Å²) < 4.78 is 11.6. The molecule has 3 aromatic rings. The number of carbonyl (C=O) groups is 1. The summed E-state index contributed by atoms with van der Waals surface area (Å²) in [6.45, 7) is 3.35. The molecule has 0 saturated carbocycles. The molecule has 2 N–H and O–H groups in total. The minimum atomic E-state index is -0.107. The fourth-order valence-electron chi connectivity index (χ4n) is 4.73. The Morgan fingerprint density at radius 2 is 1.89 bits per heavy atom. The fourth-order valence-corrected chi connectivity index (χ4v) is 5.09. The molecular weight excluding hydrogens is 527 g/mol. The second kappa shape index (κ2) is 11.3. The van der Waals surface area contributed by atoms with E-state index in [1.807, 2.05) is 18.2 Å². The number of ether oxygens (including phenoxy) is 2. The minimum absolute atomic E-state index is 0.107. The van der Waals surface area contributed by atoms with Crippen LogP contribution in [0.5, 0.6) is 17.4 Å². The predicted molar refractivity (Wildman–Crippen MR) is 148 cm³/mol. The molecule has 0 radical (unpaired) electrons. The Labute approximate surface area is 232 Å². The van der Waals surface area contributed by atoms with Gasteiger partial charge in [0.2, 0.25) is 11.8 Å². The highest BCUT2D eigenvalue weighted by Crippen LogP contribution is 2.37. The topological polar surface area (TPSA) is 91.8 Å². The van der Waals surface area contributed by atoms with Crippen LogP contribution in [0.15, 0.2) is 36.5 Å². The van der Waals surface area contributed by atoms with Crippen molar-refractivity contribution in [2.75, 3.05) is 39.6 Å². The van der Waals surface area contributed by atoms with Crippen molar-refractivity contribution < 1.29 is 14.3 Å². The first-order valence-corrected chi connectivity index (χ1v) is 13.2. The third-order valence-corrected chi connectivity index (χ3v) is 7.53. The molecule has 3 heterocycles. The van der Waals surface area contributed by atoms with E-state index in [0.29, 0.717) is 46.9 Å². The van der Waals surface area contributed by atoms with Crippen molar-refractivity contribution >= 4 is 40.7 Å². The summed E-state index contributed by atoms with van der Waals surface area (Å²) in [7, 11) is 5.50. The van der Waals surface area contributed by atoms with Crippen molar-refractivity contribution in [3.8, 4) is 17.4 Å². The molecule has 9 nitrogen and oxygen atoms in total. The lowest BCUT2D eigenvalue weighted by Crippen LogP contribution is -2.40. The van der Waals surface area contributed by atoms with E-state index in [1.165, 1.54) is 6.20 Å². The second-order valence-electron chi connectivity index (χ2n) is 9.63. The number of rotatable bonds is 8. The lowest BCUT2D eigenvalue weighted by Gasteiger charge is -2.29. The highest BCUT2D eigenvalue weighted by atomic mass is 35.5. The molecule has 0 unspecified atom stereocenters. The molecule has 1 saturated heterocycles. The van der Waals surface area contributed by atoms with Gasteiger partial charge in [-0.1, -0.05) is 35.3 Å². The van der Waals surface area contributed by atoms with Crippen molar-refractivity contribution in [1.82, 2.24) is 25.1 Å². The van der Waals surface area contributed by atoms with Gasteiger partial charge in [0.05, 0.1) is 24.6 Å². The molecule has 11 heteroatoms. The number of hydrogen-bond donors (Lipinski definition) is 2. The van der Waals surface area contributed by atoms with Crippen molar-refractivity contribution in [2.24, 2.45) is 0 Å². The molecule has 200 valence electrons. The van der Waals surface area contributed by atoms with Crippen LogP contribution < -0.4 is 20.1 Å². The summed E-state index contributed by atoms with van der Waals surface area (Å²) in [6.07, 6.45) is 3.66. The number of methoxy groups -OCH3 is 1. The molecule has 2 aliphatic heterocycles. The number of aromatic nitrogens is 2. The monoisotopic (exact) mass is 556 g/mol. The van der Waals surface area contributed by atoms with Crippen molar-refractivity contribution in [3.05, 3.63) is 63.3 Å². The van der Waals surface area contributed by atoms with Crippen molar-refractivity contribution in [2.45, 2.75) is 32.0 Å². The van der Waals surface area contributed by atoms with Gasteiger partial charge in [-0.15, -0.1) is 0 Å². The number of anilines is 2. The van der Waals surface area contributed by atoms with E-state index in [0.717, 1.165) is 37.1 Å². The van der Waals surface area contributed by atoms with Crippen LogP contribution in [0.3, 0.4) is 0 Å². The maximum absolute atomic E-state index is 12.6. The third-order valence-electron chi connectivity index (χ3n) is 6.91. The van der Waals surface area contributed by atoms with Gasteiger partial charge in [-0.25, -0.2) is 4.98 Å². The number of fused-ring (bicyclic) bond motifs is 1. The SMILES string of the molecule is COc1cc(CNC2CCN(C)CC2)c(Cl)cc1Nc1ncc(Cl)c(Oc2cccc3c2C(=O)N(C)C3)n1. The number of hydrogen-bond acceptors (Lipinski definition) is 8. The molecule has 2 aromatic carbocycles. The molecule has 1 amide bonds. The zero-order chi connectivity index (χ0) is 26.8. The maximum atomic E-state index is 12.6. The molecule has 5 rings (SSSR count). The lowest BCUT2D eigenvalue weighted by atomic mass is 10.0. The first kappa shape index (κ1) is 26.5. The number of benzene rings is 2. The van der Waals surface area contributed by atoms with Gasteiger partial charge in [-0.05, 0) is 62.3 Å². The molecule has 0 atom stereocenters. The summed E-state index contributed by atoms with van der Waals surface area (Å²) in [6, 6.07) is 9.64. The first-order chi connectivity index (χ1) is 18.3. The van der Waals surface area contributed by atoms with Crippen LogP contribution in [0.4, 0.5) is 11.6 Å². The maximum Gasteiger partial charge on any atom is 0.258 e. The Kier molecular flexibility index (Phi) is 7.90. The second-order valence-corrected chi connectivity index (χ2v) is 10.4. The molecule has 1 aromatic heterocycles. The summed E-state index contributed by atoms with van der Waals surface area (Å²) in [5, 5.41) is 7.58. The van der Waals surface area contributed by atoms with Gasteiger partial charge < -0.3 is 29.9 Å². The average molecular weight is 557 g/mol. The Morgan fingerprint density at radius 3 is 2.66 bits per heavy atom. The van der Waals surface area contributed by atoms with Crippen molar-refractivity contribution in [3.63, 3.8) is 0 Å². The normalized spacial score (nSPS) is 16.0. The number of piperidine rings is 1. The highest BCUT2D eigenvalue weighted by Gasteiger charge is 2.29. The van der Waals surface area contributed by atoms with Gasteiger partial charge in [-0.2, -0.15) is 4.98 Å². The molecule has 38 heavy (non-hydrogen) atoms. The number of carbonyl (C=O) groups excluding carboxylic acids is 1. The van der Waals surface area contributed by atoms with Crippen LogP contribution in [0.25, 0.3) is 0 Å². The fraction of sp³-hybridized carbons (Fsp3) is 0.370. The van der Waals surface area contributed by atoms with E-state index < -0.39 is 0 Å². The smallest absolute Gasteiger partial charge is 0.258 e. The number of amides is 1. The van der Waals surface area contributed by atoms with Gasteiger partial charge in [0, 0.05) is 31.2 Å². The molecule has 1 fully saturated rings. The van der Waals surface area contributed by atoms with Gasteiger partial charge >= 0.3 is 0 Å². The Morgan fingerprint density at radius 1 is 1.11 bits per heavy atom. The molecule has 2 aliphatic rings. The van der Waals surface area contributed by atoms with Crippen LogP contribution in [0.1, 0.15) is 34.3 Å². The van der Waals surface area contributed by atoms with E-state index in [9.17, 15) is 4.79 Å². The van der Waals surface area contributed by atoms with Crippen molar-refractivity contribution in [1.29, 1.82) is 0 Å². The predicted octanol–water partition coefficient (Wildman–Crippen LogP) is 5.10. The molecular formula is C27H30Cl2N6O3. The number of likely N-dealkylation sites (tertiary alicyclic amines) is 1. The standard InChI is InChI=1S/C27H30Cl2N6O3/c1-34-9-7-18(8-10-34)30-13-17-11-23(37-3)21(12-19(17)28)32-27-31-14-20(29)25(33-27)38-22-6-4-5-16-15-35(2)26(36)24(16)22/h4-6,11-12,14,18,30H,7-10,13,15H2,1-3H3,(H,31,32,33). The van der Waals surface area contributed by atoms with Crippen LogP contribution >= 0.6 is 23.2 Å². The zero-order valence-electron chi connectivity index (χ0n) is 21.6. The Bertz CT molecular complexity index is 1350. The van der Waals surface area contributed by atoms with Crippen LogP contribution in [0.2, 0.25) is 10.0 Å². The van der Waals surface area contributed by atoms with E-state index in [-0.39, 0.29) is 22.8 Å². The summed E-state index contributed by atoms with van der Waals surface area (Å²) in [5.41, 5.74) is 2.95. The van der Waals surface area contributed by atoms with E-state index >= 15 is 0 Å². The lowest BCUT2D eigenvalue weighted by molar-refractivity contribution is 0.0814. The largest absolute Gasteiger partial charge is 0.495 e. The Balaban J connectivity index is 1.33. The minimum Gasteiger partial charge on any atom is -0.495 e. The van der Waals surface area contributed by atoms with Gasteiger partial charge in [0.1, 0.15) is 16.5 Å². The van der Waals surface area contributed by atoms with E-state index in [1.54, 1.807) is 31.2 Å². The zero-order valence-corrected chi connectivity index (χ0v) is 23.1. The van der Waals surface area contributed by atoms with Crippen LogP contribution in [-0.2, 0) is 13.1 Å². The summed E-state index contributed by atoms with van der Waals surface area (Å²) in [5.74, 6) is 1.26. The molecule has 0 aliphatic carbocycles. The van der Waals surface area contributed by atoms with Crippen LogP contribution in [-0.4, -0.2) is 66.0 Å². The highest BCUT2D eigenvalue weighted by molar-refractivity contribution is 6.32. The number of halogens is 2. The molecule has 0 bridgehead atoms. The Hall–Kier alpha value is -3.11. The van der Waals surface area contributed by atoms with Crippen LogP contribution in [0, 0.1) is 0 Å². The first-order valence-electron chi connectivity index (χ1n) is 12.5. The number of nitrogens with one attached hydrogen (secondary N) is 2. The third kappa shape index (κ3) is 5.66. The summed E-state index contributed by atoms with van der Waals surface area (Å²) >= 11 is 13.0. The summed E-state index contributed by atoms with van der Waals surface area (Å²) in [4.78, 5) is 25.3. The van der Waals surface area contributed by atoms with Gasteiger partial charge in [-0.3, -0.25) is 4.79 Å². The van der Waals surface area contributed by atoms with E-state index in [4.69, 9.17) is 32.7 Å². The quantitative estimate of drug-likeness (QED) is 0.396. The van der Waals surface area contributed by atoms with Gasteiger partial charge in [0.15, 0.2) is 0 Å². The molecule has 0 spiro atoms. The van der Waals surface area contributed by atoms with Gasteiger partial charge in [0.25, 0.3) is 5.91 Å².